The van der Waals surface area contributed by atoms with Gasteiger partial charge in [0, 0.05) is 23.2 Å². The van der Waals surface area contributed by atoms with E-state index in [4.69, 9.17) is 14.6 Å². The number of anilines is 1. The fourth-order valence-electron chi connectivity index (χ4n) is 5.48. The summed E-state index contributed by atoms with van der Waals surface area (Å²) in [6, 6.07) is 12.5. The van der Waals surface area contributed by atoms with Gasteiger partial charge in [0.2, 0.25) is 0 Å². The molecule has 1 heterocycles. The van der Waals surface area contributed by atoms with Crippen molar-refractivity contribution < 1.29 is 24.2 Å². The lowest BCUT2D eigenvalue weighted by Crippen LogP contribution is -2.52. The summed E-state index contributed by atoms with van der Waals surface area (Å²) >= 11 is 0. The zero-order valence-electron chi connectivity index (χ0n) is 19.3. The molecule has 8 heteroatoms. The third kappa shape index (κ3) is 4.48. The normalized spacial score (nSPS) is 24.6. The molecule has 2 aromatic rings. The molecule has 0 bridgehead atoms. The number of nitrogens with zero attached hydrogens (tertiary/aromatic N) is 1. The number of benzene rings is 2. The Balaban J connectivity index is 1.47. The molecule has 0 aromatic heterocycles. The van der Waals surface area contributed by atoms with E-state index in [9.17, 15) is 9.59 Å². The van der Waals surface area contributed by atoms with Crippen molar-refractivity contribution in [3.05, 3.63) is 53.6 Å². The number of methoxy groups -OCH3 is 2. The van der Waals surface area contributed by atoms with Crippen molar-refractivity contribution in [2.45, 2.75) is 43.2 Å². The highest BCUT2D eigenvalue weighted by Gasteiger charge is 2.50. The molecule has 1 saturated heterocycles. The number of rotatable bonds is 6. The maximum atomic E-state index is 12.6. The molecule has 0 radical (unpaired) electrons. The van der Waals surface area contributed by atoms with Crippen LogP contribution in [0.2, 0.25) is 0 Å². The molecule has 2 fully saturated rings. The summed E-state index contributed by atoms with van der Waals surface area (Å²) in [5.74, 6) is 0.433. The van der Waals surface area contributed by atoms with Crippen LogP contribution in [0, 0.1) is 0 Å². The summed E-state index contributed by atoms with van der Waals surface area (Å²) in [5, 5.41) is 15.0. The number of fused-ring (bicyclic) bond motifs is 1. The van der Waals surface area contributed by atoms with Crippen LogP contribution < -0.4 is 20.1 Å². The SMILES string of the molecule is COc1ccc([C@@]23CC[C@@H](NC(=O)Nc4cccc(C(=O)O)c4)C[C@@H]2N(C)CC3)cc1OC. The first-order chi connectivity index (χ1) is 15.9. The molecular weight excluding hydrogens is 422 g/mol. The van der Waals surface area contributed by atoms with Crippen LogP contribution in [0.4, 0.5) is 10.5 Å². The molecule has 0 unspecified atom stereocenters. The average molecular weight is 454 g/mol. The quantitative estimate of drug-likeness (QED) is 0.617. The van der Waals surface area contributed by atoms with Crippen LogP contribution in [0.5, 0.6) is 11.5 Å². The second-order valence-electron chi connectivity index (χ2n) is 8.93. The van der Waals surface area contributed by atoms with E-state index in [0.717, 1.165) is 43.7 Å². The summed E-state index contributed by atoms with van der Waals surface area (Å²) in [5.41, 5.74) is 1.86. The van der Waals surface area contributed by atoms with E-state index < -0.39 is 5.97 Å². The van der Waals surface area contributed by atoms with Gasteiger partial charge < -0.3 is 30.1 Å². The number of hydrogen-bond donors (Lipinski definition) is 3. The average Bonchev–Trinajstić information content (AvgIpc) is 3.15. The molecular formula is C25H31N3O5. The van der Waals surface area contributed by atoms with Crippen LogP contribution in [0.3, 0.4) is 0 Å². The van der Waals surface area contributed by atoms with Crippen molar-refractivity contribution in [2.75, 3.05) is 33.1 Å². The van der Waals surface area contributed by atoms with Crippen molar-refractivity contribution in [3.8, 4) is 11.5 Å². The predicted octanol–water partition coefficient (Wildman–Crippen LogP) is 3.72. The smallest absolute Gasteiger partial charge is 0.335 e. The highest BCUT2D eigenvalue weighted by Crippen LogP contribution is 2.49. The molecule has 176 valence electrons. The second-order valence-corrected chi connectivity index (χ2v) is 8.93. The number of carboxylic acids is 1. The van der Waals surface area contributed by atoms with Gasteiger partial charge >= 0.3 is 12.0 Å². The van der Waals surface area contributed by atoms with Crippen molar-refractivity contribution in [3.63, 3.8) is 0 Å². The van der Waals surface area contributed by atoms with Gasteiger partial charge in [-0.25, -0.2) is 9.59 Å². The number of carboxylic acid groups (broad SMARTS) is 1. The number of carbonyl (C=O) groups excluding carboxylic acids is 1. The zero-order valence-corrected chi connectivity index (χ0v) is 19.3. The van der Waals surface area contributed by atoms with Gasteiger partial charge in [0.15, 0.2) is 11.5 Å². The summed E-state index contributed by atoms with van der Waals surface area (Å²) < 4.78 is 11.0. The fraction of sp³-hybridized carbons (Fsp3) is 0.440. The minimum atomic E-state index is -1.03. The van der Waals surface area contributed by atoms with Gasteiger partial charge in [-0.1, -0.05) is 12.1 Å². The summed E-state index contributed by atoms with van der Waals surface area (Å²) in [6.45, 7) is 1.000. The first-order valence-corrected chi connectivity index (χ1v) is 11.2. The molecule has 4 rings (SSSR count). The Morgan fingerprint density at radius 1 is 1.09 bits per heavy atom. The lowest BCUT2D eigenvalue weighted by molar-refractivity contribution is 0.0697. The zero-order chi connectivity index (χ0) is 23.6. The van der Waals surface area contributed by atoms with Gasteiger partial charge in [-0.15, -0.1) is 0 Å². The second kappa shape index (κ2) is 9.31. The third-order valence-electron chi connectivity index (χ3n) is 7.19. The molecule has 1 saturated carbocycles. The van der Waals surface area contributed by atoms with E-state index in [0.29, 0.717) is 11.7 Å². The number of hydrogen-bond acceptors (Lipinski definition) is 5. The van der Waals surface area contributed by atoms with Crippen LogP contribution in [0.25, 0.3) is 0 Å². The van der Waals surface area contributed by atoms with Crippen LogP contribution in [0.15, 0.2) is 42.5 Å². The first-order valence-electron chi connectivity index (χ1n) is 11.2. The van der Waals surface area contributed by atoms with E-state index >= 15 is 0 Å². The highest BCUT2D eigenvalue weighted by molar-refractivity contribution is 5.93. The Bertz CT molecular complexity index is 1040. The van der Waals surface area contributed by atoms with E-state index in [2.05, 4.69) is 34.7 Å². The Labute approximate surface area is 193 Å². The molecule has 3 N–H and O–H groups in total. The van der Waals surface area contributed by atoms with E-state index in [-0.39, 0.29) is 23.1 Å². The maximum Gasteiger partial charge on any atom is 0.335 e. The number of ether oxygens (including phenoxy) is 2. The summed E-state index contributed by atoms with van der Waals surface area (Å²) in [7, 11) is 5.44. The molecule has 2 aromatic carbocycles. The number of likely N-dealkylation sites (N-methyl/N-ethyl adjacent to an activating group) is 1. The van der Waals surface area contributed by atoms with Crippen LogP contribution in [-0.2, 0) is 5.41 Å². The van der Waals surface area contributed by atoms with Crippen molar-refractivity contribution in [2.24, 2.45) is 0 Å². The van der Waals surface area contributed by atoms with Gasteiger partial charge in [-0.3, -0.25) is 0 Å². The minimum absolute atomic E-state index is 0.0127. The molecule has 33 heavy (non-hydrogen) atoms. The van der Waals surface area contributed by atoms with Gasteiger partial charge in [0.1, 0.15) is 0 Å². The largest absolute Gasteiger partial charge is 0.493 e. The topological polar surface area (TPSA) is 100 Å². The van der Waals surface area contributed by atoms with Gasteiger partial charge in [-0.05, 0) is 75.2 Å². The van der Waals surface area contributed by atoms with Crippen LogP contribution in [0.1, 0.15) is 41.6 Å². The van der Waals surface area contributed by atoms with Crippen LogP contribution >= 0.6 is 0 Å². The summed E-state index contributed by atoms with van der Waals surface area (Å²) in [4.78, 5) is 26.2. The monoisotopic (exact) mass is 453 g/mol. The van der Waals surface area contributed by atoms with E-state index in [1.54, 1.807) is 26.4 Å². The Morgan fingerprint density at radius 2 is 1.88 bits per heavy atom. The molecule has 3 atom stereocenters. The Hall–Kier alpha value is -3.26. The molecule has 0 spiro atoms. The van der Waals surface area contributed by atoms with Crippen LogP contribution in [-0.4, -0.2) is 61.9 Å². The van der Waals surface area contributed by atoms with E-state index in [1.807, 2.05) is 6.07 Å². The van der Waals surface area contributed by atoms with E-state index in [1.165, 1.54) is 17.7 Å². The van der Waals surface area contributed by atoms with Crippen molar-refractivity contribution >= 4 is 17.7 Å². The lowest BCUT2D eigenvalue weighted by atomic mass is 9.65. The number of carbonyl (C=O) groups is 2. The highest BCUT2D eigenvalue weighted by atomic mass is 16.5. The fourth-order valence-corrected chi connectivity index (χ4v) is 5.48. The van der Waals surface area contributed by atoms with Crippen molar-refractivity contribution in [1.82, 2.24) is 10.2 Å². The molecule has 2 amide bonds. The number of aromatic carboxylic acids is 1. The number of nitrogens with one attached hydrogen (secondary N) is 2. The lowest BCUT2D eigenvalue weighted by Gasteiger charge is -2.45. The maximum absolute atomic E-state index is 12.6. The Kier molecular flexibility index (Phi) is 6.47. The van der Waals surface area contributed by atoms with Gasteiger partial charge in [-0.2, -0.15) is 0 Å². The predicted molar refractivity (Wildman–Crippen MR) is 125 cm³/mol. The molecule has 1 aliphatic heterocycles. The first kappa shape index (κ1) is 22.9. The van der Waals surface area contributed by atoms with Gasteiger partial charge in [0.25, 0.3) is 0 Å². The minimum Gasteiger partial charge on any atom is -0.493 e. The number of amides is 2. The third-order valence-corrected chi connectivity index (χ3v) is 7.19. The summed E-state index contributed by atoms with van der Waals surface area (Å²) in [6.07, 6.45) is 3.72. The number of likely N-dealkylation sites (tertiary alicyclic amines) is 1. The Morgan fingerprint density at radius 3 is 2.61 bits per heavy atom. The van der Waals surface area contributed by atoms with Gasteiger partial charge in [0.05, 0.1) is 19.8 Å². The number of urea groups is 1. The standard InChI is InChI=1S/C25H31N3O5/c1-28-12-11-25(17-7-8-20(32-2)21(14-17)33-3)10-9-19(15-22(25)28)27-24(31)26-18-6-4-5-16(13-18)23(29)30/h4-8,13-14,19,22H,9-12,15H2,1-3H3,(H,29,30)(H2,26,27,31)/t19-,22+,25+/m1/s1. The molecule has 2 aliphatic rings. The molecule has 8 nitrogen and oxygen atoms in total. The molecule has 1 aliphatic carbocycles. The van der Waals surface area contributed by atoms with Crippen molar-refractivity contribution in [1.29, 1.82) is 0 Å².